The van der Waals surface area contributed by atoms with Crippen molar-refractivity contribution in [1.82, 2.24) is 15.0 Å². The minimum atomic E-state index is -0.513. The van der Waals surface area contributed by atoms with Crippen LogP contribution in [0.1, 0.15) is 0 Å². The van der Waals surface area contributed by atoms with Gasteiger partial charge in [-0.1, -0.05) is 11.6 Å². The van der Waals surface area contributed by atoms with E-state index in [1.807, 2.05) is 0 Å². The number of rotatable bonds is 2. The number of imidazole rings is 1. The van der Waals surface area contributed by atoms with Gasteiger partial charge in [-0.25, -0.2) is 9.97 Å². The summed E-state index contributed by atoms with van der Waals surface area (Å²) in [7, 11) is 0. The first-order valence-electron chi connectivity index (χ1n) is 5.60. The summed E-state index contributed by atoms with van der Waals surface area (Å²) in [5.41, 5.74) is 7.62. The molecule has 2 heterocycles. The maximum atomic E-state index is 10.7. The number of H-pyrrole nitrogens is 1. The van der Waals surface area contributed by atoms with Crippen LogP contribution in [0.15, 0.2) is 30.5 Å². The topological polar surface area (TPSA) is 111 Å². The van der Waals surface area contributed by atoms with E-state index >= 15 is 0 Å². The zero-order valence-electron chi connectivity index (χ0n) is 10.0. The first-order chi connectivity index (χ1) is 9.54. The Morgan fingerprint density at radius 1 is 1.35 bits per heavy atom. The maximum absolute atomic E-state index is 10.7. The highest BCUT2D eigenvalue weighted by Gasteiger charge is 2.13. The van der Waals surface area contributed by atoms with Gasteiger partial charge in [0.15, 0.2) is 5.65 Å². The fourth-order valence-electron chi connectivity index (χ4n) is 1.84. The van der Waals surface area contributed by atoms with E-state index in [2.05, 4.69) is 15.0 Å². The molecular formula is C12H8ClN5O2. The summed E-state index contributed by atoms with van der Waals surface area (Å²) >= 11 is 6.10. The van der Waals surface area contributed by atoms with Crippen molar-refractivity contribution in [1.29, 1.82) is 0 Å². The summed E-state index contributed by atoms with van der Waals surface area (Å²) in [4.78, 5) is 21.4. The minimum Gasteiger partial charge on any atom is -0.399 e. The van der Waals surface area contributed by atoms with Crippen molar-refractivity contribution in [2.24, 2.45) is 0 Å². The lowest BCUT2D eigenvalue weighted by molar-refractivity contribution is -0.385. The number of aromatic amines is 1. The number of nitro groups is 1. The number of anilines is 1. The van der Waals surface area contributed by atoms with Crippen LogP contribution < -0.4 is 5.73 Å². The molecule has 2 aromatic heterocycles. The van der Waals surface area contributed by atoms with Crippen LogP contribution in [0.25, 0.3) is 22.6 Å². The Morgan fingerprint density at radius 3 is 2.90 bits per heavy atom. The summed E-state index contributed by atoms with van der Waals surface area (Å²) in [6, 6.07) is 6.39. The molecule has 100 valence electrons. The summed E-state index contributed by atoms with van der Waals surface area (Å²) in [6.07, 6.45) is 1.16. The molecule has 0 bridgehead atoms. The number of hydrogen-bond acceptors (Lipinski definition) is 5. The van der Waals surface area contributed by atoms with Crippen LogP contribution in [0.4, 0.5) is 11.4 Å². The van der Waals surface area contributed by atoms with Crippen LogP contribution in [-0.4, -0.2) is 19.9 Å². The number of aromatic nitrogens is 3. The van der Waals surface area contributed by atoms with Crippen molar-refractivity contribution < 1.29 is 4.92 Å². The van der Waals surface area contributed by atoms with Crippen LogP contribution in [0, 0.1) is 10.1 Å². The fourth-order valence-corrected chi connectivity index (χ4v) is 2.05. The average Bonchev–Trinajstić information content (AvgIpc) is 2.83. The standard InChI is InChI=1S/C12H8ClN5O2/c13-9-2-1-6(14)3-8(9)11-16-10-4-7(18(19)20)5-15-12(10)17-11/h1-5H,14H2,(H,15,16,17). The van der Waals surface area contributed by atoms with E-state index in [0.29, 0.717) is 33.3 Å². The number of fused-ring (bicyclic) bond motifs is 1. The van der Waals surface area contributed by atoms with E-state index in [9.17, 15) is 10.1 Å². The predicted octanol–water partition coefficient (Wildman–Crippen LogP) is 2.77. The molecule has 0 amide bonds. The number of hydrogen-bond donors (Lipinski definition) is 2. The van der Waals surface area contributed by atoms with Crippen molar-refractivity contribution in [3.63, 3.8) is 0 Å². The van der Waals surface area contributed by atoms with Crippen LogP contribution >= 0.6 is 11.6 Å². The number of nitrogens with one attached hydrogen (secondary N) is 1. The zero-order valence-corrected chi connectivity index (χ0v) is 10.8. The maximum Gasteiger partial charge on any atom is 0.289 e. The highest BCUT2D eigenvalue weighted by Crippen LogP contribution is 2.29. The smallest absolute Gasteiger partial charge is 0.289 e. The Labute approximate surface area is 117 Å². The van der Waals surface area contributed by atoms with Gasteiger partial charge in [0.2, 0.25) is 0 Å². The molecule has 0 saturated heterocycles. The number of benzene rings is 1. The van der Waals surface area contributed by atoms with Crippen molar-refractivity contribution >= 4 is 34.1 Å². The molecule has 0 saturated carbocycles. The van der Waals surface area contributed by atoms with E-state index in [4.69, 9.17) is 17.3 Å². The van der Waals surface area contributed by atoms with Gasteiger partial charge in [0.25, 0.3) is 5.69 Å². The van der Waals surface area contributed by atoms with E-state index in [-0.39, 0.29) is 5.69 Å². The summed E-state index contributed by atoms with van der Waals surface area (Å²) in [6.45, 7) is 0. The lowest BCUT2D eigenvalue weighted by Gasteiger charge is -2.01. The molecule has 8 heteroatoms. The first kappa shape index (κ1) is 12.4. The number of nitrogens with two attached hydrogens (primary N) is 1. The number of halogens is 1. The van der Waals surface area contributed by atoms with Crippen LogP contribution in [-0.2, 0) is 0 Å². The first-order valence-corrected chi connectivity index (χ1v) is 5.98. The Hall–Kier alpha value is -2.67. The molecule has 3 rings (SSSR count). The molecule has 0 aliphatic rings. The summed E-state index contributed by atoms with van der Waals surface area (Å²) in [5.74, 6) is 0.463. The Balaban J connectivity index is 2.17. The second kappa shape index (κ2) is 4.46. The number of nitrogen functional groups attached to an aromatic ring is 1. The SMILES string of the molecule is Nc1ccc(Cl)c(-c2nc3ncc([N+](=O)[O-])cc3[nH]2)c1. The van der Waals surface area contributed by atoms with Gasteiger partial charge in [-0.2, -0.15) is 0 Å². The highest BCUT2D eigenvalue weighted by atomic mass is 35.5. The van der Waals surface area contributed by atoms with Gasteiger partial charge < -0.3 is 10.7 Å². The van der Waals surface area contributed by atoms with Gasteiger partial charge in [-0.15, -0.1) is 0 Å². The highest BCUT2D eigenvalue weighted by molar-refractivity contribution is 6.33. The molecule has 20 heavy (non-hydrogen) atoms. The second-order valence-corrected chi connectivity index (χ2v) is 4.55. The van der Waals surface area contributed by atoms with Crippen LogP contribution in [0.3, 0.4) is 0 Å². The second-order valence-electron chi connectivity index (χ2n) is 4.15. The van der Waals surface area contributed by atoms with Crippen molar-refractivity contribution in [2.75, 3.05) is 5.73 Å². The molecule has 0 atom stereocenters. The molecule has 7 nitrogen and oxygen atoms in total. The molecule has 0 aliphatic carbocycles. The molecule has 0 spiro atoms. The summed E-state index contributed by atoms with van der Waals surface area (Å²) < 4.78 is 0. The Morgan fingerprint density at radius 2 is 2.15 bits per heavy atom. The molecule has 3 N–H and O–H groups in total. The molecule has 0 aliphatic heterocycles. The van der Waals surface area contributed by atoms with E-state index < -0.39 is 4.92 Å². The van der Waals surface area contributed by atoms with Gasteiger partial charge in [-0.3, -0.25) is 10.1 Å². The van der Waals surface area contributed by atoms with E-state index in [1.54, 1.807) is 18.2 Å². The number of pyridine rings is 1. The largest absolute Gasteiger partial charge is 0.399 e. The van der Waals surface area contributed by atoms with Crippen molar-refractivity contribution in [2.45, 2.75) is 0 Å². The molecule has 0 fully saturated rings. The molecule has 1 aromatic carbocycles. The van der Waals surface area contributed by atoms with Gasteiger partial charge in [0.05, 0.1) is 15.5 Å². The lowest BCUT2D eigenvalue weighted by Crippen LogP contribution is -1.88. The monoisotopic (exact) mass is 289 g/mol. The van der Waals surface area contributed by atoms with Gasteiger partial charge in [0, 0.05) is 17.3 Å². The third-order valence-corrected chi connectivity index (χ3v) is 3.11. The van der Waals surface area contributed by atoms with Crippen LogP contribution in [0.2, 0.25) is 5.02 Å². The lowest BCUT2D eigenvalue weighted by atomic mass is 10.2. The minimum absolute atomic E-state index is 0.105. The van der Waals surface area contributed by atoms with E-state index in [1.165, 1.54) is 6.07 Å². The van der Waals surface area contributed by atoms with Crippen molar-refractivity contribution in [3.05, 3.63) is 45.6 Å². The predicted molar refractivity (Wildman–Crippen MR) is 75.4 cm³/mol. The normalized spacial score (nSPS) is 10.8. The Bertz CT molecular complexity index is 830. The number of nitrogens with zero attached hydrogens (tertiary/aromatic N) is 3. The van der Waals surface area contributed by atoms with Gasteiger partial charge >= 0.3 is 0 Å². The molecule has 0 unspecified atom stereocenters. The molecule has 0 radical (unpaired) electrons. The third-order valence-electron chi connectivity index (χ3n) is 2.78. The molecule has 3 aromatic rings. The van der Waals surface area contributed by atoms with Crippen LogP contribution in [0.5, 0.6) is 0 Å². The molecular weight excluding hydrogens is 282 g/mol. The summed E-state index contributed by atoms with van der Waals surface area (Å²) in [5, 5.41) is 11.2. The average molecular weight is 290 g/mol. The third kappa shape index (κ3) is 2.04. The van der Waals surface area contributed by atoms with Gasteiger partial charge in [-0.05, 0) is 18.2 Å². The Kier molecular flexibility index (Phi) is 2.76. The van der Waals surface area contributed by atoms with Crippen molar-refractivity contribution in [3.8, 4) is 11.4 Å². The fraction of sp³-hybridized carbons (Fsp3) is 0. The van der Waals surface area contributed by atoms with Gasteiger partial charge in [0.1, 0.15) is 12.0 Å². The zero-order chi connectivity index (χ0) is 14.3. The quantitative estimate of drug-likeness (QED) is 0.428. The van der Waals surface area contributed by atoms with E-state index in [0.717, 1.165) is 6.20 Å².